The Kier molecular flexibility index (Phi) is 15.5. The van der Waals surface area contributed by atoms with Crippen LogP contribution in [0, 0.1) is 5.92 Å². The van der Waals surface area contributed by atoms with E-state index in [0.717, 1.165) is 37.7 Å². The molecular formula is C37H56N4O10. The van der Waals surface area contributed by atoms with Gasteiger partial charge in [-0.25, -0.2) is 9.59 Å². The zero-order valence-electron chi connectivity index (χ0n) is 30.2. The summed E-state index contributed by atoms with van der Waals surface area (Å²) in [6.45, 7) is 7.50. The molecule has 4 N–H and O–H groups in total. The normalized spacial score (nSPS) is 25.7. The van der Waals surface area contributed by atoms with E-state index in [-0.39, 0.29) is 18.8 Å². The zero-order valence-corrected chi connectivity index (χ0v) is 30.2. The van der Waals surface area contributed by atoms with Crippen molar-refractivity contribution in [2.45, 2.75) is 121 Å². The second kappa shape index (κ2) is 19.7. The van der Waals surface area contributed by atoms with Crippen molar-refractivity contribution in [2.24, 2.45) is 5.92 Å². The summed E-state index contributed by atoms with van der Waals surface area (Å²) in [5.74, 6) is -2.73. The number of aliphatic hydroxyl groups is 1. The Bertz CT molecular complexity index is 1290. The van der Waals surface area contributed by atoms with Crippen LogP contribution in [-0.2, 0) is 44.5 Å². The molecule has 0 radical (unpaired) electrons. The number of hydrogen-bond donors (Lipinski definition) is 4. The summed E-state index contributed by atoms with van der Waals surface area (Å²) in [6, 6.07) is 5.46. The molecule has 0 spiro atoms. The first kappa shape index (κ1) is 40.0. The summed E-state index contributed by atoms with van der Waals surface area (Å²) in [7, 11) is 0. The first-order valence-electron chi connectivity index (χ1n) is 18.3. The number of rotatable bonds is 9. The Morgan fingerprint density at radius 3 is 2.41 bits per heavy atom. The number of amides is 3. The molecule has 1 aromatic rings. The van der Waals surface area contributed by atoms with E-state index in [0.29, 0.717) is 52.1 Å². The van der Waals surface area contributed by atoms with Crippen LogP contribution in [-0.4, -0.2) is 115 Å². The lowest BCUT2D eigenvalue weighted by Crippen LogP contribution is -2.59. The van der Waals surface area contributed by atoms with Gasteiger partial charge in [-0.2, -0.15) is 0 Å². The predicted octanol–water partition coefficient (Wildman–Crippen LogP) is 2.39. The van der Waals surface area contributed by atoms with E-state index in [1.54, 1.807) is 45.0 Å². The fourth-order valence-electron chi connectivity index (χ4n) is 6.68. The molecular weight excluding hydrogens is 660 g/mol. The molecule has 2 heterocycles. The standard InChI is InChI=1S/C37H56N4O10/c1-37(2,3)51-36(47)40-29(22-26-13-8-5-9-14-26)33(44)39-30-24-49-31(42)16-10-15-27(23-41-17-19-48-20-18-41)50-35(46)32(43)28(38-34(30)45)21-25-11-6-4-7-12-25/h5,8-9,13-14,25,27-30,32,43H,4,6-7,10-12,15-24H2,1-3H3,(H,38,45)(H,39,44)(H,40,47)/t27?,28-,29-,30-,32+/m0/s1. The van der Waals surface area contributed by atoms with Gasteiger partial charge in [0.15, 0.2) is 6.10 Å². The number of morpholine rings is 1. The van der Waals surface area contributed by atoms with Gasteiger partial charge >= 0.3 is 18.0 Å². The highest BCUT2D eigenvalue weighted by Gasteiger charge is 2.37. The summed E-state index contributed by atoms with van der Waals surface area (Å²) >= 11 is 0. The van der Waals surface area contributed by atoms with E-state index in [1.165, 1.54) is 0 Å². The van der Waals surface area contributed by atoms with Crippen molar-refractivity contribution >= 4 is 29.8 Å². The highest BCUT2D eigenvalue weighted by Crippen LogP contribution is 2.28. The number of ether oxygens (including phenoxy) is 4. The van der Waals surface area contributed by atoms with E-state index in [9.17, 15) is 29.1 Å². The highest BCUT2D eigenvalue weighted by molar-refractivity contribution is 5.92. The summed E-state index contributed by atoms with van der Waals surface area (Å²) in [5.41, 5.74) is -0.0775. The largest absolute Gasteiger partial charge is 0.463 e. The van der Waals surface area contributed by atoms with Crippen LogP contribution in [0.25, 0.3) is 0 Å². The van der Waals surface area contributed by atoms with Gasteiger partial charge in [0.2, 0.25) is 11.8 Å². The van der Waals surface area contributed by atoms with Crippen molar-refractivity contribution in [3.8, 4) is 0 Å². The van der Waals surface area contributed by atoms with Gasteiger partial charge in [-0.1, -0.05) is 62.4 Å². The molecule has 284 valence electrons. The topological polar surface area (TPSA) is 182 Å². The molecule has 14 heteroatoms. The average Bonchev–Trinajstić information content (AvgIpc) is 3.09. The predicted molar refractivity (Wildman–Crippen MR) is 186 cm³/mol. The molecule has 0 bridgehead atoms. The quantitative estimate of drug-likeness (QED) is 0.218. The first-order chi connectivity index (χ1) is 24.4. The number of hydrogen-bond acceptors (Lipinski definition) is 11. The van der Waals surface area contributed by atoms with Gasteiger partial charge in [-0.15, -0.1) is 0 Å². The molecule has 3 amide bonds. The maximum absolute atomic E-state index is 13.9. The van der Waals surface area contributed by atoms with Gasteiger partial charge in [-0.05, 0) is 51.5 Å². The van der Waals surface area contributed by atoms with E-state index in [2.05, 4.69) is 20.9 Å². The van der Waals surface area contributed by atoms with Gasteiger partial charge in [0.25, 0.3) is 0 Å². The summed E-state index contributed by atoms with van der Waals surface area (Å²) in [4.78, 5) is 69.0. The number of carbonyl (C=O) groups is 5. The SMILES string of the molecule is CC(C)(C)OC(=O)N[C@@H](Cc1ccccc1)C(=O)N[C@H]1COC(=O)CCCC(CN2CCOCC2)OC(=O)[C@H](O)[C@H](CC2CCCCC2)NC1=O. The summed E-state index contributed by atoms with van der Waals surface area (Å²) < 4.78 is 22.2. The van der Waals surface area contributed by atoms with Crippen molar-refractivity contribution in [3.05, 3.63) is 35.9 Å². The summed E-state index contributed by atoms with van der Waals surface area (Å²) in [5, 5.41) is 19.5. The van der Waals surface area contributed by atoms with Crippen LogP contribution in [0.5, 0.6) is 0 Å². The number of nitrogens with one attached hydrogen (secondary N) is 3. The lowest BCUT2D eigenvalue weighted by atomic mass is 9.83. The average molecular weight is 717 g/mol. The maximum atomic E-state index is 13.9. The molecule has 0 aromatic heterocycles. The van der Waals surface area contributed by atoms with E-state index >= 15 is 0 Å². The third-order valence-electron chi connectivity index (χ3n) is 9.35. The van der Waals surface area contributed by atoms with E-state index < -0.39 is 72.4 Å². The molecule has 5 atom stereocenters. The van der Waals surface area contributed by atoms with Crippen LogP contribution in [0.4, 0.5) is 4.79 Å². The maximum Gasteiger partial charge on any atom is 0.408 e. The molecule has 3 aliphatic rings. The molecule has 51 heavy (non-hydrogen) atoms. The molecule has 3 fully saturated rings. The van der Waals surface area contributed by atoms with Crippen molar-refractivity contribution in [1.82, 2.24) is 20.9 Å². The minimum absolute atomic E-state index is 0.0108. The fourth-order valence-corrected chi connectivity index (χ4v) is 6.68. The number of cyclic esters (lactones) is 2. The Balaban J connectivity index is 1.54. The van der Waals surface area contributed by atoms with Crippen LogP contribution in [0.15, 0.2) is 30.3 Å². The Morgan fingerprint density at radius 1 is 1.02 bits per heavy atom. The van der Waals surface area contributed by atoms with Gasteiger partial charge < -0.3 is 40.0 Å². The van der Waals surface area contributed by atoms with Gasteiger partial charge in [0.05, 0.1) is 19.3 Å². The third kappa shape index (κ3) is 14.1. The second-order valence-electron chi connectivity index (χ2n) is 14.8. The molecule has 1 aromatic carbocycles. The first-order valence-corrected chi connectivity index (χ1v) is 18.3. The van der Waals surface area contributed by atoms with Gasteiger partial charge in [0, 0.05) is 32.5 Å². The van der Waals surface area contributed by atoms with Crippen LogP contribution in [0.2, 0.25) is 0 Å². The molecule has 1 unspecified atom stereocenters. The van der Waals surface area contributed by atoms with Crippen molar-refractivity contribution in [3.63, 3.8) is 0 Å². The second-order valence-corrected chi connectivity index (χ2v) is 14.8. The number of alkyl carbamates (subject to hydrolysis) is 1. The smallest absolute Gasteiger partial charge is 0.408 e. The van der Waals surface area contributed by atoms with Crippen LogP contribution in [0.3, 0.4) is 0 Å². The van der Waals surface area contributed by atoms with Crippen LogP contribution < -0.4 is 16.0 Å². The number of benzene rings is 1. The molecule has 2 saturated heterocycles. The van der Waals surface area contributed by atoms with Crippen LogP contribution >= 0.6 is 0 Å². The van der Waals surface area contributed by atoms with E-state index in [4.69, 9.17) is 18.9 Å². The molecule has 1 aliphatic carbocycles. The van der Waals surface area contributed by atoms with Crippen molar-refractivity contribution in [1.29, 1.82) is 0 Å². The molecule has 14 nitrogen and oxygen atoms in total. The number of carbonyl (C=O) groups excluding carboxylic acids is 5. The van der Waals surface area contributed by atoms with Crippen molar-refractivity contribution in [2.75, 3.05) is 39.5 Å². The molecule has 2 aliphatic heterocycles. The highest BCUT2D eigenvalue weighted by atomic mass is 16.6. The monoisotopic (exact) mass is 716 g/mol. The lowest BCUT2D eigenvalue weighted by Gasteiger charge is -2.33. The Labute approximate surface area is 300 Å². The third-order valence-corrected chi connectivity index (χ3v) is 9.35. The van der Waals surface area contributed by atoms with Crippen molar-refractivity contribution < 1.29 is 48.0 Å². The minimum Gasteiger partial charge on any atom is -0.463 e. The van der Waals surface area contributed by atoms with Gasteiger partial charge in [0.1, 0.15) is 30.4 Å². The number of esters is 2. The number of aliphatic hydroxyl groups excluding tert-OH is 1. The Morgan fingerprint density at radius 2 is 1.73 bits per heavy atom. The van der Waals surface area contributed by atoms with E-state index in [1.807, 2.05) is 6.07 Å². The van der Waals surface area contributed by atoms with Crippen LogP contribution in [0.1, 0.15) is 84.1 Å². The van der Waals surface area contributed by atoms with Gasteiger partial charge in [-0.3, -0.25) is 19.3 Å². The molecule has 1 saturated carbocycles. The minimum atomic E-state index is -1.66. The zero-order chi connectivity index (χ0) is 36.8. The number of nitrogens with zero attached hydrogens (tertiary/aromatic N) is 1. The lowest BCUT2D eigenvalue weighted by molar-refractivity contribution is -0.163. The summed E-state index contributed by atoms with van der Waals surface area (Å²) in [6.07, 6.45) is 2.94. The molecule has 4 rings (SSSR count). The fraction of sp³-hybridized carbons (Fsp3) is 0.703. The Hall–Kier alpha value is -3.75.